The van der Waals surface area contributed by atoms with Crippen molar-refractivity contribution < 1.29 is 28.5 Å². The summed E-state index contributed by atoms with van der Waals surface area (Å²) >= 11 is 0. The average molecular weight is 351 g/mol. The summed E-state index contributed by atoms with van der Waals surface area (Å²) < 4.78 is 25.9. The van der Waals surface area contributed by atoms with Crippen molar-refractivity contribution in [1.29, 1.82) is 0 Å². The molecule has 1 N–H and O–H groups in total. The van der Waals surface area contributed by atoms with Crippen molar-refractivity contribution in [2.24, 2.45) is 0 Å². The summed E-state index contributed by atoms with van der Waals surface area (Å²) in [7, 11) is 4.37. The maximum Gasteiger partial charge on any atom is 0.343 e. The smallest absolute Gasteiger partial charge is 0.343 e. The average Bonchev–Trinajstić information content (AvgIpc) is 2.61. The monoisotopic (exact) mass is 351 g/mol. The summed E-state index contributed by atoms with van der Waals surface area (Å²) in [5.41, 5.74) is -0.0923. The molecule has 25 heavy (non-hydrogen) atoms. The van der Waals surface area contributed by atoms with Gasteiger partial charge in [0.1, 0.15) is 18.8 Å². The van der Waals surface area contributed by atoms with E-state index in [-0.39, 0.29) is 5.56 Å². The number of H-pyrrole nitrogens is 1. The first-order valence-corrected chi connectivity index (χ1v) is 7.63. The molecule has 8 heteroatoms. The molecule has 0 fully saturated rings. The van der Waals surface area contributed by atoms with Crippen LogP contribution < -0.4 is 15.0 Å². The van der Waals surface area contributed by atoms with Gasteiger partial charge >= 0.3 is 5.97 Å². The Morgan fingerprint density at radius 3 is 2.08 bits per heavy atom. The van der Waals surface area contributed by atoms with Crippen molar-refractivity contribution >= 4 is 16.9 Å². The van der Waals surface area contributed by atoms with E-state index >= 15 is 0 Å². The molecule has 0 amide bonds. The van der Waals surface area contributed by atoms with E-state index < -0.39 is 11.5 Å². The molecule has 0 spiro atoms. The van der Waals surface area contributed by atoms with E-state index in [2.05, 4.69) is 9.72 Å². The Hall–Kier alpha value is -2.58. The second-order valence-electron chi connectivity index (χ2n) is 5.07. The van der Waals surface area contributed by atoms with Gasteiger partial charge in [-0.2, -0.15) is 0 Å². The molecule has 0 aliphatic heterocycles. The van der Waals surface area contributed by atoms with Crippen LogP contribution in [0, 0.1) is 0 Å². The number of ether oxygens (including phenoxy) is 5. The number of methoxy groups -OCH3 is 3. The molecule has 0 saturated heterocycles. The third-order valence-electron chi connectivity index (χ3n) is 3.40. The summed E-state index contributed by atoms with van der Waals surface area (Å²) in [6, 6.07) is 4.80. The van der Waals surface area contributed by atoms with Crippen LogP contribution in [0.2, 0.25) is 0 Å². The maximum absolute atomic E-state index is 12.0. The van der Waals surface area contributed by atoms with E-state index in [1.807, 2.05) is 0 Å². The lowest BCUT2D eigenvalue weighted by molar-refractivity contribution is 0.0599. The number of hydrogen-bond acceptors (Lipinski definition) is 7. The molecule has 1 aromatic carbocycles. The van der Waals surface area contributed by atoms with Gasteiger partial charge in [-0.05, 0) is 12.1 Å². The topological polar surface area (TPSA) is 96.1 Å². The zero-order valence-electron chi connectivity index (χ0n) is 14.4. The van der Waals surface area contributed by atoms with Crippen molar-refractivity contribution in [2.45, 2.75) is 0 Å². The lowest BCUT2D eigenvalue weighted by atomic mass is 10.1. The number of benzene rings is 1. The first kappa shape index (κ1) is 18.8. The Balaban J connectivity index is 2.44. The van der Waals surface area contributed by atoms with Crippen LogP contribution in [0.15, 0.2) is 23.0 Å². The predicted octanol–water partition coefficient (Wildman–Crippen LogP) is 1.37. The normalized spacial score (nSPS) is 10.7. The Labute approximate surface area is 144 Å². The number of aromatic amines is 1. The van der Waals surface area contributed by atoms with Crippen LogP contribution in [0.5, 0.6) is 11.5 Å². The molecule has 0 atom stereocenters. The molecule has 1 aromatic heterocycles. The molecule has 8 nitrogen and oxygen atoms in total. The highest BCUT2D eigenvalue weighted by atomic mass is 16.5. The number of aromatic nitrogens is 1. The number of carbonyl (C=O) groups is 1. The van der Waals surface area contributed by atoms with E-state index in [4.69, 9.17) is 18.9 Å². The van der Waals surface area contributed by atoms with Crippen molar-refractivity contribution in [3.05, 3.63) is 34.1 Å². The largest absolute Gasteiger partial charge is 0.487 e. The van der Waals surface area contributed by atoms with Crippen molar-refractivity contribution in [3.63, 3.8) is 0 Å². The second-order valence-corrected chi connectivity index (χ2v) is 5.07. The van der Waals surface area contributed by atoms with Crippen LogP contribution in [0.25, 0.3) is 10.9 Å². The fourth-order valence-electron chi connectivity index (χ4n) is 2.17. The Morgan fingerprint density at radius 2 is 1.52 bits per heavy atom. The first-order chi connectivity index (χ1) is 12.1. The zero-order valence-corrected chi connectivity index (χ0v) is 14.4. The summed E-state index contributed by atoms with van der Waals surface area (Å²) in [4.78, 5) is 26.4. The van der Waals surface area contributed by atoms with Gasteiger partial charge in [0.15, 0.2) is 11.5 Å². The van der Waals surface area contributed by atoms with Crippen molar-refractivity contribution in [2.75, 3.05) is 47.8 Å². The lowest BCUT2D eigenvalue weighted by Gasteiger charge is -2.14. The number of carbonyl (C=O) groups excluding carboxylic acids is 1. The summed E-state index contributed by atoms with van der Waals surface area (Å²) in [6.45, 7) is 1.48. The summed E-state index contributed by atoms with van der Waals surface area (Å²) in [6.07, 6.45) is 0. The van der Waals surface area contributed by atoms with Gasteiger partial charge in [0.05, 0.1) is 25.8 Å². The Morgan fingerprint density at radius 1 is 0.920 bits per heavy atom. The molecule has 0 radical (unpaired) electrons. The van der Waals surface area contributed by atoms with Crippen LogP contribution in [0.3, 0.4) is 0 Å². The van der Waals surface area contributed by atoms with E-state index in [0.717, 1.165) is 0 Å². The lowest BCUT2D eigenvalue weighted by Crippen LogP contribution is -2.18. The molecule has 136 valence electrons. The van der Waals surface area contributed by atoms with Crippen LogP contribution in [0.1, 0.15) is 10.4 Å². The third-order valence-corrected chi connectivity index (χ3v) is 3.40. The molecular weight excluding hydrogens is 330 g/mol. The van der Waals surface area contributed by atoms with Crippen LogP contribution in [0.4, 0.5) is 0 Å². The summed E-state index contributed by atoms with van der Waals surface area (Å²) in [5.74, 6) is 0.232. The predicted molar refractivity (Wildman–Crippen MR) is 90.7 cm³/mol. The van der Waals surface area contributed by atoms with E-state index in [9.17, 15) is 9.59 Å². The number of fused-ring (bicyclic) bond motifs is 1. The minimum absolute atomic E-state index is 0.0779. The fraction of sp³-hybridized carbons (Fsp3) is 0.412. The van der Waals surface area contributed by atoms with Crippen LogP contribution >= 0.6 is 0 Å². The molecule has 2 rings (SSSR count). The standard InChI is InChI=1S/C17H21NO7/c1-21-4-6-24-14-9-11-8-12(17(20)23-3)16(19)18-13(11)10-15(14)25-7-5-22-2/h8-10H,4-7H2,1-3H3,(H,18,19). The van der Waals surface area contributed by atoms with Gasteiger partial charge in [0, 0.05) is 25.7 Å². The second kappa shape index (κ2) is 9.05. The fourth-order valence-corrected chi connectivity index (χ4v) is 2.17. The Bertz CT molecular complexity index is 784. The number of pyridine rings is 1. The minimum atomic E-state index is -0.703. The van der Waals surface area contributed by atoms with Crippen LogP contribution in [-0.4, -0.2) is 58.7 Å². The third kappa shape index (κ3) is 4.71. The highest BCUT2D eigenvalue weighted by Crippen LogP contribution is 2.32. The molecule has 0 bridgehead atoms. The number of esters is 1. The van der Waals surface area contributed by atoms with E-state index in [1.165, 1.54) is 13.2 Å². The van der Waals surface area contributed by atoms with Gasteiger partial charge in [-0.1, -0.05) is 0 Å². The quantitative estimate of drug-likeness (QED) is 0.538. The highest BCUT2D eigenvalue weighted by Gasteiger charge is 2.15. The van der Waals surface area contributed by atoms with Gasteiger partial charge in [0.25, 0.3) is 5.56 Å². The first-order valence-electron chi connectivity index (χ1n) is 7.63. The van der Waals surface area contributed by atoms with Gasteiger partial charge in [0.2, 0.25) is 0 Å². The minimum Gasteiger partial charge on any atom is -0.487 e. The maximum atomic E-state index is 12.0. The highest BCUT2D eigenvalue weighted by molar-refractivity contribution is 5.94. The molecule has 2 aromatic rings. The molecule has 0 saturated carbocycles. The molecule has 0 aliphatic carbocycles. The molecule has 1 heterocycles. The van der Waals surface area contributed by atoms with Gasteiger partial charge in [-0.3, -0.25) is 4.79 Å². The number of rotatable bonds is 9. The number of hydrogen-bond donors (Lipinski definition) is 1. The van der Waals surface area contributed by atoms with Gasteiger partial charge in [-0.15, -0.1) is 0 Å². The number of nitrogens with one attached hydrogen (secondary N) is 1. The van der Waals surface area contributed by atoms with Gasteiger partial charge in [-0.25, -0.2) is 4.79 Å². The molecule has 0 aliphatic rings. The van der Waals surface area contributed by atoms with Crippen molar-refractivity contribution in [3.8, 4) is 11.5 Å². The van der Waals surface area contributed by atoms with Crippen LogP contribution in [-0.2, 0) is 14.2 Å². The molecule has 0 unspecified atom stereocenters. The van der Waals surface area contributed by atoms with E-state index in [1.54, 1.807) is 26.4 Å². The summed E-state index contributed by atoms with van der Waals surface area (Å²) in [5, 5.41) is 0.617. The Kier molecular flexibility index (Phi) is 6.79. The SMILES string of the molecule is COCCOc1cc2cc(C(=O)OC)c(=O)[nH]c2cc1OCCOC. The van der Waals surface area contributed by atoms with E-state index in [0.29, 0.717) is 48.8 Å². The molecular formula is C17H21NO7. The van der Waals surface area contributed by atoms with Crippen molar-refractivity contribution in [1.82, 2.24) is 4.98 Å². The zero-order chi connectivity index (χ0) is 18.2. The van der Waals surface area contributed by atoms with Gasteiger partial charge < -0.3 is 28.7 Å².